The molecule has 3 aromatic carbocycles. The Balaban J connectivity index is 1.38. The highest BCUT2D eigenvalue weighted by molar-refractivity contribution is 6.24. The number of hydrogen-bond donors (Lipinski definition) is 2. The van der Waals surface area contributed by atoms with Gasteiger partial charge in [0.05, 0.1) is 11.4 Å². The van der Waals surface area contributed by atoms with E-state index in [4.69, 9.17) is 0 Å². The minimum Gasteiger partial charge on any atom is -0.318 e. The highest BCUT2D eigenvalue weighted by Gasteiger charge is 2.45. The molecule has 0 saturated heterocycles. The SMILES string of the molecule is O=C(Nc1ccccc1)NC1C(=O)N(CC2CC3CCC2C3)c2ccccc2N(c2ccccc2)C1=O. The molecule has 1 aliphatic heterocycles. The number of anilines is 4. The molecule has 2 aliphatic carbocycles. The van der Waals surface area contributed by atoms with Crippen molar-refractivity contribution in [3.05, 3.63) is 84.9 Å². The predicted molar refractivity (Wildman–Crippen MR) is 144 cm³/mol. The molecule has 3 aliphatic rings. The lowest BCUT2D eigenvalue weighted by Gasteiger charge is -2.31. The fourth-order valence-corrected chi connectivity index (χ4v) is 6.32. The van der Waals surface area contributed by atoms with Crippen LogP contribution in [-0.2, 0) is 9.59 Å². The number of urea groups is 1. The Labute approximate surface area is 216 Å². The molecule has 4 unspecified atom stereocenters. The first kappa shape index (κ1) is 23.3. The number of carbonyl (C=O) groups is 3. The first-order chi connectivity index (χ1) is 18.1. The fraction of sp³-hybridized carbons (Fsp3) is 0.300. The molecule has 4 amide bonds. The minimum atomic E-state index is -1.37. The van der Waals surface area contributed by atoms with Gasteiger partial charge >= 0.3 is 6.03 Å². The summed E-state index contributed by atoms with van der Waals surface area (Å²) in [6, 6.07) is 23.8. The van der Waals surface area contributed by atoms with Crippen LogP contribution >= 0.6 is 0 Å². The van der Waals surface area contributed by atoms with Gasteiger partial charge in [0.15, 0.2) is 6.04 Å². The zero-order valence-electron chi connectivity index (χ0n) is 20.5. The monoisotopic (exact) mass is 494 g/mol. The van der Waals surface area contributed by atoms with Gasteiger partial charge < -0.3 is 15.5 Å². The fourth-order valence-electron chi connectivity index (χ4n) is 6.32. The van der Waals surface area contributed by atoms with Gasteiger partial charge in [0.25, 0.3) is 11.8 Å². The molecule has 6 rings (SSSR count). The number of amides is 4. The van der Waals surface area contributed by atoms with Gasteiger partial charge in [-0.2, -0.15) is 0 Å². The van der Waals surface area contributed by atoms with E-state index in [0.29, 0.717) is 41.1 Å². The molecule has 2 saturated carbocycles. The second-order valence-electron chi connectivity index (χ2n) is 10.3. The quantitative estimate of drug-likeness (QED) is 0.471. The Morgan fingerprint density at radius 1 is 0.784 bits per heavy atom. The number of carbonyl (C=O) groups excluding carboxylic acids is 3. The largest absolute Gasteiger partial charge is 0.320 e. The summed E-state index contributed by atoms with van der Waals surface area (Å²) in [5.74, 6) is 0.861. The highest BCUT2D eigenvalue weighted by atomic mass is 16.2. The molecule has 4 atom stereocenters. The second-order valence-corrected chi connectivity index (χ2v) is 10.3. The summed E-state index contributed by atoms with van der Waals surface area (Å²) in [5.41, 5.74) is 2.56. The summed E-state index contributed by atoms with van der Waals surface area (Å²) in [4.78, 5) is 44.5. The molecule has 2 fully saturated rings. The van der Waals surface area contributed by atoms with Crippen LogP contribution in [0.3, 0.4) is 0 Å². The summed E-state index contributed by atoms with van der Waals surface area (Å²) < 4.78 is 0. The lowest BCUT2D eigenvalue weighted by molar-refractivity contribution is -0.128. The standard InChI is InChI=1S/C30H30N4O3/c35-28-27(32-30(37)31-23-9-3-1-4-10-23)29(36)34(24-11-5-2-6-12-24)26-14-8-7-13-25(26)33(28)19-22-18-20-15-16-21(22)17-20/h1-14,20-22,27H,15-19H2,(H2,31,32,37). The van der Waals surface area contributed by atoms with Crippen molar-refractivity contribution in [1.29, 1.82) is 0 Å². The molecule has 188 valence electrons. The molecular weight excluding hydrogens is 464 g/mol. The minimum absolute atomic E-state index is 0.396. The van der Waals surface area contributed by atoms with Gasteiger partial charge in [-0.25, -0.2) is 4.79 Å². The molecule has 2 bridgehead atoms. The number of nitrogens with one attached hydrogen (secondary N) is 2. The van der Waals surface area contributed by atoms with Crippen LogP contribution < -0.4 is 20.4 Å². The van der Waals surface area contributed by atoms with E-state index in [1.807, 2.05) is 72.8 Å². The van der Waals surface area contributed by atoms with Crippen molar-refractivity contribution in [3.8, 4) is 0 Å². The van der Waals surface area contributed by atoms with E-state index in [-0.39, 0.29) is 0 Å². The molecule has 0 aromatic heterocycles. The molecule has 7 heteroatoms. The summed E-state index contributed by atoms with van der Waals surface area (Å²) in [6.45, 7) is 0.547. The van der Waals surface area contributed by atoms with Crippen molar-refractivity contribution in [2.45, 2.75) is 31.7 Å². The van der Waals surface area contributed by atoms with Crippen LogP contribution in [0.15, 0.2) is 84.9 Å². The molecule has 3 aromatic rings. The van der Waals surface area contributed by atoms with E-state index < -0.39 is 23.9 Å². The van der Waals surface area contributed by atoms with E-state index >= 15 is 0 Å². The Bertz CT molecular complexity index is 1310. The van der Waals surface area contributed by atoms with Crippen LogP contribution in [-0.4, -0.2) is 30.4 Å². The smallest absolute Gasteiger partial charge is 0.318 e. The molecule has 0 radical (unpaired) electrons. The van der Waals surface area contributed by atoms with Crippen LogP contribution in [0.5, 0.6) is 0 Å². The molecule has 1 heterocycles. The summed E-state index contributed by atoms with van der Waals surface area (Å²) in [7, 11) is 0. The third-order valence-corrected chi connectivity index (χ3v) is 8.02. The summed E-state index contributed by atoms with van der Waals surface area (Å²) in [5, 5.41) is 5.44. The van der Waals surface area contributed by atoms with Gasteiger partial charge in [-0.3, -0.25) is 14.5 Å². The molecule has 7 nitrogen and oxygen atoms in total. The third-order valence-electron chi connectivity index (χ3n) is 8.02. The first-order valence-corrected chi connectivity index (χ1v) is 13.0. The second kappa shape index (κ2) is 9.73. The maximum absolute atomic E-state index is 14.1. The normalized spacial score (nSPS) is 24.5. The van der Waals surface area contributed by atoms with Crippen molar-refractivity contribution in [3.63, 3.8) is 0 Å². The van der Waals surface area contributed by atoms with Crippen molar-refractivity contribution < 1.29 is 14.4 Å². The van der Waals surface area contributed by atoms with Crippen LogP contribution in [0.1, 0.15) is 25.7 Å². The van der Waals surface area contributed by atoms with Crippen molar-refractivity contribution in [2.24, 2.45) is 17.8 Å². The number of benzene rings is 3. The van der Waals surface area contributed by atoms with Crippen molar-refractivity contribution in [1.82, 2.24) is 5.32 Å². The first-order valence-electron chi connectivity index (χ1n) is 13.0. The van der Waals surface area contributed by atoms with Gasteiger partial charge in [-0.1, -0.05) is 55.0 Å². The topological polar surface area (TPSA) is 81.8 Å². The van der Waals surface area contributed by atoms with E-state index in [9.17, 15) is 14.4 Å². The van der Waals surface area contributed by atoms with Gasteiger partial charge in [-0.05, 0) is 73.4 Å². The number of hydrogen-bond acceptors (Lipinski definition) is 3. The number of rotatable bonds is 5. The number of fused-ring (bicyclic) bond motifs is 3. The average Bonchev–Trinajstić information content (AvgIpc) is 3.53. The van der Waals surface area contributed by atoms with E-state index in [1.54, 1.807) is 21.9 Å². The Morgan fingerprint density at radius 2 is 1.46 bits per heavy atom. The maximum atomic E-state index is 14.1. The zero-order chi connectivity index (χ0) is 25.4. The molecule has 37 heavy (non-hydrogen) atoms. The Morgan fingerprint density at radius 3 is 2.14 bits per heavy atom. The Hall–Kier alpha value is -4.13. The predicted octanol–water partition coefficient (Wildman–Crippen LogP) is 5.32. The maximum Gasteiger partial charge on any atom is 0.320 e. The summed E-state index contributed by atoms with van der Waals surface area (Å²) >= 11 is 0. The lowest BCUT2D eigenvalue weighted by Crippen LogP contribution is -2.56. The number of para-hydroxylation sites is 4. The average molecular weight is 495 g/mol. The van der Waals surface area contributed by atoms with Gasteiger partial charge in [0, 0.05) is 17.9 Å². The Kier molecular flexibility index (Phi) is 6.12. The van der Waals surface area contributed by atoms with Crippen LogP contribution in [0, 0.1) is 17.8 Å². The number of nitrogens with zero attached hydrogens (tertiary/aromatic N) is 2. The lowest BCUT2D eigenvalue weighted by atomic mass is 9.88. The molecule has 0 spiro atoms. The van der Waals surface area contributed by atoms with Gasteiger partial charge in [0.1, 0.15) is 0 Å². The van der Waals surface area contributed by atoms with E-state index in [2.05, 4.69) is 10.6 Å². The zero-order valence-corrected chi connectivity index (χ0v) is 20.5. The third kappa shape index (κ3) is 4.46. The van der Waals surface area contributed by atoms with Gasteiger partial charge in [0.2, 0.25) is 0 Å². The highest BCUT2D eigenvalue weighted by Crippen LogP contribution is 2.49. The van der Waals surface area contributed by atoms with E-state index in [0.717, 1.165) is 12.3 Å². The summed E-state index contributed by atoms with van der Waals surface area (Å²) in [6.07, 6.45) is 4.81. The van der Waals surface area contributed by atoms with Gasteiger partial charge in [-0.15, -0.1) is 0 Å². The van der Waals surface area contributed by atoms with Crippen LogP contribution in [0.4, 0.5) is 27.5 Å². The molecular formula is C30H30N4O3. The van der Waals surface area contributed by atoms with Crippen molar-refractivity contribution >= 4 is 40.6 Å². The van der Waals surface area contributed by atoms with Crippen LogP contribution in [0.25, 0.3) is 0 Å². The molecule has 2 N–H and O–H groups in total. The van der Waals surface area contributed by atoms with Crippen molar-refractivity contribution in [2.75, 3.05) is 21.7 Å². The van der Waals surface area contributed by atoms with E-state index in [1.165, 1.54) is 19.3 Å². The van der Waals surface area contributed by atoms with Crippen LogP contribution in [0.2, 0.25) is 0 Å².